The number of likely N-dealkylation sites (tertiary alicyclic amines) is 1. The summed E-state index contributed by atoms with van der Waals surface area (Å²) in [5.74, 6) is 1.18. The Bertz CT molecular complexity index is 1250. The summed E-state index contributed by atoms with van der Waals surface area (Å²) in [5, 5.41) is 10.7. The Labute approximate surface area is 204 Å². The van der Waals surface area contributed by atoms with Gasteiger partial charge in [-0.1, -0.05) is 48.5 Å². The van der Waals surface area contributed by atoms with Gasteiger partial charge < -0.3 is 9.80 Å². The predicted octanol–water partition coefficient (Wildman–Crippen LogP) is 3.58. The van der Waals surface area contributed by atoms with Crippen molar-refractivity contribution in [3.05, 3.63) is 66.4 Å². The molecule has 2 aromatic carbocycles. The first-order chi connectivity index (χ1) is 17.1. The molecule has 35 heavy (non-hydrogen) atoms. The highest BCUT2D eigenvalue weighted by Crippen LogP contribution is 2.46. The molecule has 4 fully saturated rings. The van der Waals surface area contributed by atoms with Crippen LogP contribution in [0.15, 0.2) is 60.8 Å². The molecule has 0 radical (unpaired) electrons. The van der Waals surface area contributed by atoms with Crippen LogP contribution in [-0.2, 0) is 9.59 Å². The van der Waals surface area contributed by atoms with E-state index in [9.17, 15) is 9.59 Å². The first kappa shape index (κ1) is 20.9. The third kappa shape index (κ3) is 3.65. The number of carbonyl (C=O) groups is 2. The highest BCUT2D eigenvalue weighted by Gasteiger charge is 2.59. The van der Waals surface area contributed by atoms with E-state index in [0.29, 0.717) is 18.4 Å². The van der Waals surface area contributed by atoms with Gasteiger partial charge in [0.05, 0.1) is 5.69 Å². The molecule has 2 N–H and O–H groups in total. The summed E-state index contributed by atoms with van der Waals surface area (Å²) in [5.41, 5.74) is 5.17. The van der Waals surface area contributed by atoms with Gasteiger partial charge in [-0.25, -0.2) is 0 Å². The van der Waals surface area contributed by atoms with Gasteiger partial charge in [-0.2, -0.15) is 5.10 Å². The summed E-state index contributed by atoms with van der Waals surface area (Å²) < 4.78 is 0. The molecule has 2 saturated carbocycles. The molecular weight excluding hydrogens is 438 g/mol. The maximum Gasteiger partial charge on any atom is 0.244 e. The van der Waals surface area contributed by atoms with Crippen molar-refractivity contribution in [1.82, 2.24) is 25.3 Å². The van der Waals surface area contributed by atoms with Gasteiger partial charge in [-0.05, 0) is 54.0 Å². The van der Waals surface area contributed by atoms with Crippen molar-refractivity contribution < 1.29 is 9.59 Å². The van der Waals surface area contributed by atoms with Crippen LogP contribution in [0.1, 0.15) is 37.4 Å². The van der Waals surface area contributed by atoms with E-state index < -0.39 is 0 Å². The number of rotatable bonds is 6. The number of aromatic nitrogens is 2. The van der Waals surface area contributed by atoms with E-state index in [2.05, 4.69) is 64.0 Å². The smallest absolute Gasteiger partial charge is 0.244 e. The van der Waals surface area contributed by atoms with E-state index >= 15 is 0 Å². The Kier molecular flexibility index (Phi) is 4.64. The molecule has 1 unspecified atom stereocenters. The van der Waals surface area contributed by atoms with E-state index in [1.54, 1.807) is 6.20 Å². The van der Waals surface area contributed by atoms with Crippen LogP contribution >= 0.6 is 0 Å². The highest BCUT2D eigenvalue weighted by molar-refractivity contribution is 5.92. The fourth-order valence-corrected chi connectivity index (χ4v) is 5.58. The normalized spacial score (nSPS) is 23.1. The zero-order valence-corrected chi connectivity index (χ0v) is 19.6. The molecule has 1 atom stereocenters. The first-order valence-electron chi connectivity index (χ1n) is 12.7. The molecule has 2 aliphatic carbocycles. The molecule has 3 aromatic rings. The number of nitrogens with zero attached hydrogens (tertiary/aromatic N) is 3. The standard InChI is InChI=1S/C28H29N5O2/c34-26(23-9-10-23)32-15-18(16-32)17-33-25(30-28(12-13-28)27(33)35)22-7-3-20(4-8-22)19-1-5-21(6-2-19)24-11-14-29-31-24/h1-8,11,14,18,23,25,30H,9-10,12-13,15-17H2,(H,29,31). The number of aromatic amines is 1. The Hall–Kier alpha value is -3.45. The summed E-state index contributed by atoms with van der Waals surface area (Å²) in [7, 11) is 0. The molecular formula is C28H29N5O2. The van der Waals surface area contributed by atoms with E-state index in [-0.39, 0.29) is 23.5 Å². The Balaban J connectivity index is 1.06. The first-order valence-corrected chi connectivity index (χ1v) is 12.7. The zero-order chi connectivity index (χ0) is 23.6. The minimum absolute atomic E-state index is 0.102. The molecule has 7 rings (SSSR count). The van der Waals surface area contributed by atoms with Crippen LogP contribution in [-0.4, -0.2) is 57.0 Å². The van der Waals surface area contributed by atoms with Gasteiger partial charge in [0.25, 0.3) is 0 Å². The van der Waals surface area contributed by atoms with Gasteiger partial charge in [0.2, 0.25) is 11.8 Å². The number of carbonyl (C=O) groups excluding carboxylic acids is 2. The van der Waals surface area contributed by atoms with Crippen molar-refractivity contribution >= 4 is 11.8 Å². The molecule has 7 nitrogen and oxygen atoms in total. The van der Waals surface area contributed by atoms with Crippen LogP contribution in [0.4, 0.5) is 0 Å². The lowest BCUT2D eigenvalue weighted by molar-refractivity contribution is -0.140. The second-order valence-electron chi connectivity index (χ2n) is 10.6. The van der Waals surface area contributed by atoms with Gasteiger partial charge in [-0.3, -0.25) is 20.0 Å². The molecule has 1 aromatic heterocycles. The molecule has 3 heterocycles. The summed E-state index contributed by atoms with van der Waals surface area (Å²) in [4.78, 5) is 29.6. The lowest BCUT2D eigenvalue weighted by atomic mass is 9.97. The summed E-state index contributed by atoms with van der Waals surface area (Å²) in [6, 6.07) is 19.0. The third-order valence-electron chi connectivity index (χ3n) is 8.05. The number of nitrogens with one attached hydrogen (secondary N) is 2. The van der Waals surface area contributed by atoms with Crippen LogP contribution in [0.5, 0.6) is 0 Å². The molecule has 1 spiro atoms. The van der Waals surface area contributed by atoms with Crippen molar-refractivity contribution in [2.24, 2.45) is 11.8 Å². The minimum Gasteiger partial charge on any atom is -0.342 e. The number of benzene rings is 2. The fraction of sp³-hybridized carbons (Fsp3) is 0.393. The van der Waals surface area contributed by atoms with Crippen molar-refractivity contribution in [2.45, 2.75) is 37.4 Å². The molecule has 0 bridgehead atoms. The van der Waals surface area contributed by atoms with Crippen molar-refractivity contribution in [3.8, 4) is 22.4 Å². The summed E-state index contributed by atoms with van der Waals surface area (Å²) in [6.07, 6.45) is 5.57. The monoisotopic (exact) mass is 467 g/mol. The van der Waals surface area contributed by atoms with Gasteiger partial charge in [0, 0.05) is 37.7 Å². The predicted molar refractivity (Wildman–Crippen MR) is 132 cm³/mol. The highest BCUT2D eigenvalue weighted by atomic mass is 16.2. The van der Waals surface area contributed by atoms with Crippen LogP contribution in [0.3, 0.4) is 0 Å². The van der Waals surface area contributed by atoms with Gasteiger partial charge in [-0.15, -0.1) is 0 Å². The Morgan fingerprint density at radius 1 is 0.943 bits per heavy atom. The van der Waals surface area contributed by atoms with Crippen molar-refractivity contribution in [2.75, 3.05) is 19.6 Å². The van der Waals surface area contributed by atoms with Crippen molar-refractivity contribution in [1.29, 1.82) is 0 Å². The van der Waals surface area contributed by atoms with E-state index in [0.717, 1.165) is 66.7 Å². The zero-order valence-electron chi connectivity index (χ0n) is 19.6. The van der Waals surface area contributed by atoms with E-state index in [1.165, 1.54) is 0 Å². The van der Waals surface area contributed by atoms with Gasteiger partial charge in [0.1, 0.15) is 11.7 Å². The van der Waals surface area contributed by atoms with Crippen LogP contribution < -0.4 is 5.32 Å². The van der Waals surface area contributed by atoms with Crippen molar-refractivity contribution in [3.63, 3.8) is 0 Å². The van der Waals surface area contributed by atoms with Gasteiger partial charge in [0.15, 0.2) is 0 Å². The average molecular weight is 468 g/mol. The molecule has 178 valence electrons. The largest absolute Gasteiger partial charge is 0.342 e. The summed E-state index contributed by atoms with van der Waals surface area (Å²) >= 11 is 0. The number of H-pyrrole nitrogens is 1. The number of amides is 2. The lowest BCUT2D eigenvalue weighted by Crippen LogP contribution is -2.55. The van der Waals surface area contributed by atoms with Gasteiger partial charge >= 0.3 is 0 Å². The van der Waals surface area contributed by atoms with Crippen LogP contribution in [0.25, 0.3) is 22.4 Å². The second kappa shape index (κ2) is 7.78. The maximum atomic E-state index is 13.3. The number of hydrogen-bond donors (Lipinski definition) is 2. The molecule has 4 aliphatic rings. The SMILES string of the molecule is O=C(C1CC1)N1CC(CN2C(=O)C3(CC3)NC2c2ccc(-c3ccc(-c4ccn[nH]4)cc3)cc2)C1. The fourth-order valence-electron chi connectivity index (χ4n) is 5.58. The van der Waals surface area contributed by atoms with Crippen LogP contribution in [0.2, 0.25) is 0 Å². The molecule has 7 heteroatoms. The molecule has 2 aliphatic heterocycles. The molecule has 2 amide bonds. The average Bonchev–Trinajstić information content (AvgIpc) is 3.78. The lowest BCUT2D eigenvalue weighted by Gasteiger charge is -2.42. The van der Waals surface area contributed by atoms with E-state index in [1.807, 2.05) is 15.9 Å². The van der Waals surface area contributed by atoms with E-state index in [4.69, 9.17) is 0 Å². The topological polar surface area (TPSA) is 81.3 Å². The quantitative estimate of drug-likeness (QED) is 0.581. The maximum absolute atomic E-state index is 13.3. The second-order valence-corrected chi connectivity index (χ2v) is 10.6. The van der Waals surface area contributed by atoms with Crippen LogP contribution in [0, 0.1) is 11.8 Å². The minimum atomic E-state index is -0.362. The summed E-state index contributed by atoms with van der Waals surface area (Å²) in [6.45, 7) is 2.28. The Morgan fingerprint density at radius 2 is 1.60 bits per heavy atom. The Morgan fingerprint density at radius 3 is 2.20 bits per heavy atom. The third-order valence-corrected chi connectivity index (χ3v) is 8.05. The number of hydrogen-bond acceptors (Lipinski definition) is 4. The molecule has 2 saturated heterocycles.